The lowest BCUT2D eigenvalue weighted by Gasteiger charge is -2.13. The third kappa shape index (κ3) is 2.68. The van der Waals surface area contributed by atoms with E-state index >= 15 is 0 Å². The van der Waals surface area contributed by atoms with Crippen LogP contribution >= 0.6 is 0 Å². The lowest BCUT2D eigenvalue weighted by molar-refractivity contribution is 0.534. The van der Waals surface area contributed by atoms with E-state index < -0.39 is 0 Å². The fraction of sp³-hybridized carbons (Fsp3) is 0.643. The van der Waals surface area contributed by atoms with Gasteiger partial charge in [0.05, 0.1) is 11.4 Å². The fourth-order valence-corrected chi connectivity index (χ4v) is 2.42. The molecule has 1 heterocycles. The molecule has 0 fully saturated rings. The average Bonchev–Trinajstić information content (AvgIpc) is 2.92. The number of rotatable bonds is 5. The Morgan fingerprint density at radius 3 is 2.89 bits per heavy atom. The van der Waals surface area contributed by atoms with Crippen LogP contribution in [0.4, 0.5) is 11.5 Å². The zero-order valence-electron chi connectivity index (χ0n) is 11.7. The van der Waals surface area contributed by atoms with Gasteiger partial charge in [0.2, 0.25) is 0 Å². The normalized spacial score (nSPS) is 15.2. The van der Waals surface area contributed by atoms with Gasteiger partial charge < -0.3 is 11.1 Å². The highest BCUT2D eigenvalue weighted by Crippen LogP contribution is 2.26. The Labute approximate surface area is 109 Å². The van der Waals surface area contributed by atoms with Gasteiger partial charge in [0, 0.05) is 12.6 Å². The standard InChI is InChI=1S/C14H24N4/c1-10(2)18-14(13(15)11(3)17-18)16-9-8-12-6-4-5-7-12/h6,10,16H,4-5,7-9,15H2,1-3H3. The molecule has 0 saturated carbocycles. The minimum absolute atomic E-state index is 0.328. The number of hydrogen-bond acceptors (Lipinski definition) is 3. The summed E-state index contributed by atoms with van der Waals surface area (Å²) in [4.78, 5) is 0. The largest absolute Gasteiger partial charge is 0.394 e. The Morgan fingerprint density at radius 2 is 2.28 bits per heavy atom. The summed E-state index contributed by atoms with van der Waals surface area (Å²) >= 11 is 0. The molecule has 0 aromatic carbocycles. The van der Waals surface area contributed by atoms with E-state index in [2.05, 4.69) is 30.3 Å². The molecule has 3 N–H and O–H groups in total. The molecule has 0 amide bonds. The summed E-state index contributed by atoms with van der Waals surface area (Å²) in [6, 6.07) is 0.328. The summed E-state index contributed by atoms with van der Waals surface area (Å²) in [5.41, 5.74) is 9.34. The quantitative estimate of drug-likeness (QED) is 0.786. The van der Waals surface area contributed by atoms with Crippen molar-refractivity contribution >= 4 is 11.5 Å². The molecule has 0 spiro atoms. The van der Waals surface area contributed by atoms with Crippen LogP contribution in [-0.4, -0.2) is 16.3 Å². The van der Waals surface area contributed by atoms with Crippen molar-refractivity contribution in [3.8, 4) is 0 Å². The van der Waals surface area contributed by atoms with Crippen LogP contribution in [0.25, 0.3) is 0 Å². The van der Waals surface area contributed by atoms with Crippen LogP contribution in [0.1, 0.15) is 51.3 Å². The summed E-state index contributed by atoms with van der Waals surface area (Å²) in [6.07, 6.45) is 7.32. The molecule has 1 aliphatic rings. The monoisotopic (exact) mass is 248 g/mol. The van der Waals surface area contributed by atoms with Crippen molar-refractivity contribution < 1.29 is 0 Å². The first-order chi connectivity index (χ1) is 8.59. The molecule has 4 nitrogen and oxygen atoms in total. The Bertz CT molecular complexity index is 443. The Balaban J connectivity index is 1.99. The zero-order chi connectivity index (χ0) is 13.1. The van der Waals surface area contributed by atoms with E-state index in [0.29, 0.717) is 6.04 Å². The highest BCUT2D eigenvalue weighted by Gasteiger charge is 2.14. The maximum Gasteiger partial charge on any atom is 0.148 e. The van der Waals surface area contributed by atoms with Crippen molar-refractivity contribution in [2.45, 2.75) is 52.5 Å². The summed E-state index contributed by atoms with van der Waals surface area (Å²) in [5, 5.41) is 7.92. The molecule has 4 heteroatoms. The molecule has 0 radical (unpaired) electrons. The first-order valence-electron chi connectivity index (χ1n) is 6.86. The van der Waals surface area contributed by atoms with Crippen LogP contribution < -0.4 is 11.1 Å². The van der Waals surface area contributed by atoms with Gasteiger partial charge in [-0.3, -0.25) is 0 Å². The summed E-state index contributed by atoms with van der Waals surface area (Å²) in [6.45, 7) is 7.14. The van der Waals surface area contributed by atoms with Gasteiger partial charge in [-0.2, -0.15) is 5.10 Å². The van der Waals surface area contributed by atoms with E-state index in [-0.39, 0.29) is 0 Å². The van der Waals surface area contributed by atoms with E-state index in [1.807, 2.05) is 11.6 Å². The van der Waals surface area contributed by atoms with Gasteiger partial charge in [0.15, 0.2) is 0 Å². The third-order valence-corrected chi connectivity index (χ3v) is 3.49. The van der Waals surface area contributed by atoms with Crippen LogP contribution in [0, 0.1) is 6.92 Å². The van der Waals surface area contributed by atoms with Gasteiger partial charge in [0.1, 0.15) is 5.82 Å². The molecule has 0 saturated heterocycles. The Kier molecular flexibility index (Phi) is 3.94. The predicted molar refractivity (Wildman–Crippen MR) is 76.8 cm³/mol. The third-order valence-electron chi connectivity index (χ3n) is 3.49. The second-order valence-corrected chi connectivity index (χ2v) is 5.32. The van der Waals surface area contributed by atoms with E-state index in [1.54, 1.807) is 5.57 Å². The number of aryl methyl sites for hydroxylation is 1. The molecule has 1 aromatic heterocycles. The number of allylic oxidation sites excluding steroid dienone is 1. The molecule has 2 rings (SSSR count). The summed E-state index contributed by atoms with van der Waals surface area (Å²) in [5.74, 6) is 0.973. The predicted octanol–water partition coefficient (Wildman–Crippen LogP) is 3.27. The SMILES string of the molecule is Cc1nn(C(C)C)c(NCCC2=CCCC2)c1N. The van der Waals surface area contributed by atoms with Gasteiger partial charge >= 0.3 is 0 Å². The van der Waals surface area contributed by atoms with Gasteiger partial charge in [-0.1, -0.05) is 11.6 Å². The Morgan fingerprint density at radius 1 is 1.50 bits per heavy atom. The van der Waals surface area contributed by atoms with Crippen molar-refractivity contribution in [1.29, 1.82) is 0 Å². The molecule has 0 aliphatic heterocycles. The molecule has 0 unspecified atom stereocenters. The summed E-state index contributed by atoms with van der Waals surface area (Å²) in [7, 11) is 0. The maximum absolute atomic E-state index is 6.07. The number of nitrogens with one attached hydrogen (secondary N) is 1. The minimum atomic E-state index is 0.328. The van der Waals surface area contributed by atoms with Crippen LogP contribution in [-0.2, 0) is 0 Å². The number of hydrogen-bond donors (Lipinski definition) is 2. The van der Waals surface area contributed by atoms with Crippen LogP contribution in [0.2, 0.25) is 0 Å². The maximum atomic E-state index is 6.07. The van der Waals surface area contributed by atoms with Crippen LogP contribution in [0.5, 0.6) is 0 Å². The first kappa shape index (κ1) is 13.0. The number of nitrogens with zero attached hydrogens (tertiary/aromatic N) is 2. The van der Waals surface area contributed by atoms with Crippen molar-refractivity contribution in [2.75, 3.05) is 17.6 Å². The van der Waals surface area contributed by atoms with Crippen LogP contribution in [0.15, 0.2) is 11.6 Å². The van der Waals surface area contributed by atoms with Gasteiger partial charge in [-0.15, -0.1) is 0 Å². The molecule has 0 bridgehead atoms. The van der Waals surface area contributed by atoms with Gasteiger partial charge in [0.25, 0.3) is 0 Å². The first-order valence-corrected chi connectivity index (χ1v) is 6.86. The van der Waals surface area contributed by atoms with E-state index in [9.17, 15) is 0 Å². The van der Waals surface area contributed by atoms with Gasteiger partial charge in [-0.25, -0.2) is 4.68 Å². The number of aromatic nitrogens is 2. The smallest absolute Gasteiger partial charge is 0.148 e. The van der Waals surface area contributed by atoms with E-state index in [0.717, 1.165) is 30.2 Å². The van der Waals surface area contributed by atoms with Crippen molar-refractivity contribution in [3.05, 3.63) is 17.3 Å². The summed E-state index contributed by atoms with van der Waals surface area (Å²) < 4.78 is 1.98. The Hall–Kier alpha value is -1.45. The lowest BCUT2D eigenvalue weighted by atomic mass is 10.2. The lowest BCUT2D eigenvalue weighted by Crippen LogP contribution is -2.12. The molecular weight excluding hydrogens is 224 g/mol. The van der Waals surface area contributed by atoms with Crippen molar-refractivity contribution in [1.82, 2.24) is 9.78 Å². The highest BCUT2D eigenvalue weighted by molar-refractivity contribution is 5.64. The number of nitrogens with two attached hydrogens (primary N) is 1. The number of nitrogen functional groups attached to an aromatic ring is 1. The molecule has 100 valence electrons. The number of anilines is 2. The minimum Gasteiger partial charge on any atom is -0.394 e. The highest BCUT2D eigenvalue weighted by atomic mass is 15.4. The average molecular weight is 248 g/mol. The van der Waals surface area contributed by atoms with Gasteiger partial charge in [-0.05, 0) is 46.5 Å². The van der Waals surface area contributed by atoms with E-state index in [4.69, 9.17) is 5.73 Å². The van der Waals surface area contributed by atoms with Crippen LogP contribution in [0.3, 0.4) is 0 Å². The fourth-order valence-electron chi connectivity index (χ4n) is 2.42. The van der Waals surface area contributed by atoms with Crippen molar-refractivity contribution in [3.63, 3.8) is 0 Å². The topological polar surface area (TPSA) is 55.9 Å². The van der Waals surface area contributed by atoms with Crippen molar-refractivity contribution in [2.24, 2.45) is 0 Å². The molecule has 1 aliphatic carbocycles. The molecular formula is C14H24N4. The molecule has 18 heavy (non-hydrogen) atoms. The van der Waals surface area contributed by atoms with E-state index in [1.165, 1.54) is 19.3 Å². The second-order valence-electron chi connectivity index (χ2n) is 5.32. The molecule has 1 aromatic rings. The molecule has 0 atom stereocenters. The zero-order valence-corrected chi connectivity index (χ0v) is 11.7. The second kappa shape index (κ2) is 5.46.